The number of benzene rings is 1. The number of aromatic nitrogens is 6. The Balaban J connectivity index is 1.32. The second kappa shape index (κ2) is 6.84. The van der Waals surface area contributed by atoms with Crippen molar-refractivity contribution in [1.29, 1.82) is 0 Å². The highest BCUT2D eigenvalue weighted by molar-refractivity contribution is 6.30. The minimum Gasteiger partial charge on any atom is -0.373 e. The summed E-state index contributed by atoms with van der Waals surface area (Å²) in [5.41, 5.74) is 8.12. The van der Waals surface area contributed by atoms with Crippen molar-refractivity contribution in [2.24, 2.45) is 0 Å². The summed E-state index contributed by atoms with van der Waals surface area (Å²) in [5, 5.41) is 4.84. The molecule has 5 rings (SSSR count). The average Bonchev–Trinajstić information content (AvgIpc) is 3.42. The van der Waals surface area contributed by atoms with Gasteiger partial charge in [-0.1, -0.05) is 28.9 Å². The number of hydrogen-bond acceptors (Lipinski definition) is 8. The molecule has 0 unspecified atom stereocenters. The van der Waals surface area contributed by atoms with Gasteiger partial charge >= 0.3 is 0 Å². The maximum Gasteiger partial charge on any atom is 0.246 e. The molecule has 1 aliphatic rings. The first-order valence-electron chi connectivity index (χ1n) is 8.79. The molecule has 2 atom stereocenters. The standard InChI is InChI=1S/C18H16ClN7O2/c19-12-3-1-10(2-4-12)13-7-11(9-27-13)15-23-14(28-25-15)8-26-17-16(24-18(26)20)21-5-6-22-17/h1-6,11,13H,7-9H2,(H2,20,21,24)/t11-,13+/m0/s1. The van der Waals surface area contributed by atoms with Crippen LogP contribution in [0.25, 0.3) is 11.3 Å². The molecule has 28 heavy (non-hydrogen) atoms. The van der Waals surface area contributed by atoms with Crippen molar-refractivity contribution in [2.75, 3.05) is 12.3 Å². The third kappa shape index (κ3) is 3.08. The lowest BCUT2D eigenvalue weighted by Gasteiger charge is -2.09. The van der Waals surface area contributed by atoms with E-state index < -0.39 is 0 Å². The van der Waals surface area contributed by atoms with E-state index in [1.165, 1.54) is 0 Å². The quantitative estimate of drug-likeness (QED) is 0.558. The maximum atomic E-state index is 5.98. The molecule has 1 saturated heterocycles. The van der Waals surface area contributed by atoms with E-state index in [-0.39, 0.29) is 18.6 Å². The van der Waals surface area contributed by atoms with Crippen LogP contribution in [0.5, 0.6) is 0 Å². The number of ether oxygens (including phenoxy) is 1. The molecule has 10 heteroatoms. The minimum absolute atomic E-state index is 0.00673. The third-order valence-electron chi connectivity index (χ3n) is 4.79. The molecule has 2 N–H and O–H groups in total. The van der Waals surface area contributed by atoms with Crippen molar-refractivity contribution in [3.63, 3.8) is 0 Å². The molecule has 1 aromatic carbocycles. The molecule has 4 heterocycles. The van der Waals surface area contributed by atoms with Gasteiger partial charge in [0.25, 0.3) is 0 Å². The zero-order valence-corrected chi connectivity index (χ0v) is 15.5. The molecule has 4 aromatic rings. The van der Waals surface area contributed by atoms with Crippen molar-refractivity contribution in [2.45, 2.75) is 25.0 Å². The van der Waals surface area contributed by atoms with Crippen LogP contribution in [-0.4, -0.2) is 36.3 Å². The second-order valence-electron chi connectivity index (χ2n) is 6.61. The first-order chi connectivity index (χ1) is 13.7. The number of anilines is 1. The largest absolute Gasteiger partial charge is 0.373 e. The van der Waals surface area contributed by atoms with Gasteiger partial charge < -0.3 is 15.0 Å². The predicted molar refractivity (Wildman–Crippen MR) is 101 cm³/mol. The Morgan fingerprint density at radius 3 is 2.82 bits per heavy atom. The summed E-state index contributed by atoms with van der Waals surface area (Å²) in [6.07, 6.45) is 3.93. The van der Waals surface area contributed by atoms with Crippen LogP contribution in [0.1, 0.15) is 35.7 Å². The van der Waals surface area contributed by atoms with Gasteiger partial charge in [0.05, 0.1) is 12.7 Å². The first-order valence-corrected chi connectivity index (χ1v) is 9.17. The number of nitrogens with zero attached hydrogens (tertiary/aromatic N) is 6. The smallest absolute Gasteiger partial charge is 0.246 e. The van der Waals surface area contributed by atoms with E-state index in [2.05, 4.69) is 25.1 Å². The molecule has 0 amide bonds. The number of nitrogen functional groups attached to an aromatic ring is 1. The Kier molecular flexibility index (Phi) is 4.18. The van der Waals surface area contributed by atoms with E-state index in [1.54, 1.807) is 17.0 Å². The summed E-state index contributed by atoms with van der Waals surface area (Å²) >= 11 is 5.95. The van der Waals surface area contributed by atoms with Crippen LogP contribution in [0.4, 0.5) is 5.95 Å². The van der Waals surface area contributed by atoms with Crippen LogP contribution in [0, 0.1) is 0 Å². The van der Waals surface area contributed by atoms with Crippen LogP contribution in [0.15, 0.2) is 41.2 Å². The summed E-state index contributed by atoms with van der Waals surface area (Å²) < 4.78 is 13.0. The van der Waals surface area contributed by atoms with Gasteiger partial charge in [-0.15, -0.1) is 0 Å². The third-order valence-corrected chi connectivity index (χ3v) is 5.05. The highest BCUT2D eigenvalue weighted by Gasteiger charge is 2.31. The van der Waals surface area contributed by atoms with Crippen LogP contribution in [-0.2, 0) is 11.3 Å². The van der Waals surface area contributed by atoms with Crippen molar-refractivity contribution in [1.82, 2.24) is 29.7 Å². The summed E-state index contributed by atoms with van der Waals surface area (Å²) in [4.78, 5) is 17.1. The number of hydrogen-bond donors (Lipinski definition) is 1. The lowest BCUT2D eigenvalue weighted by atomic mass is 10.0. The van der Waals surface area contributed by atoms with E-state index in [4.69, 9.17) is 26.6 Å². The van der Waals surface area contributed by atoms with E-state index in [0.29, 0.717) is 40.6 Å². The molecular formula is C18H16ClN7O2. The fourth-order valence-electron chi connectivity index (χ4n) is 3.38. The molecule has 142 valence electrons. The van der Waals surface area contributed by atoms with Crippen LogP contribution >= 0.6 is 11.6 Å². The minimum atomic E-state index is -0.00673. The molecule has 1 fully saturated rings. The molecule has 0 radical (unpaired) electrons. The number of fused-ring (bicyclic) bond motifs is 1. The van der Waals surface area contributed by atoms with Crippen molar-refractivity contribution < 1.29 is 9.26 Å². The van der Waals surface area contributed by atoms with Gasteiger partial charge in [-0.05, 0) is 24.1 Å². The Bertz CT molecular complexity index is 1120. The lowest BCUT2D eigenvalue weighted by molar-refractivity contribution is 0.110. The SMILES string of the molecule is Nc1nc2nccnc2n1Cc1nc([C@@H]2CO[C@@H](c3ccc(Cl)cc3)C2)no1. The summed E-state index contributed by atoms with van der Waals surface area (Å²) in [5.74, 6) is 1.42. The highest BCUT2D eigenvalue weighted by atomic mass is 35.5. The number of rotatable bonds is 4. The van der Waals surface area contributed by atoms with E-state index >= 15 is 0 Å². The van der Waals surface area contributed by atoms with Gasteiger partial charge in [0.2, 0.25) is 11.8 Å². The van der Waals surface area contributed by atoms with E-state index in [0.717, 1.165) is 12.0 Å². The van der Waals surface area contributed by atoms with Gasteiger partial charge in [-0.3, -0.25) is 4.57 Å². The summed E-state index contributed by atoms with van der Waals surface area (Å²) in [7, 11) is 0. The van der Waals surface area contributed by atoms with Gasteiger partial charge in [-0.25, -0.2) is 9.97 Å². The Morgan fingerprint density at radius 2 is 1.96 bits per heavy atom. The van der Waals surface area contributed by atoms with Crippen LogP contribution < -0.4 is 5.73 Å². The Morgan fingerprint density at radius 1 is 1.14 bits per heavy atom. The van der Waals surface area contributed by atoms with Crippen molar-refractivity contribution >= 4 is 28.8 Å². The fourth-order valence-corrected chi connectivity index (χ4v) is 3.50. The Hall–Kier alpha value is -3.04. The van der Waals surface area contributed by atoms with Crippen molar-refractivity contribution in [3.8, 4) is 0 Å². The predicted octanol–water partition coefficient (Wildman–Crippen LogP) is 2.74. The van der Waals surface area contributed by atoms with Gasteiger partial charge in [-0.2, -0.15) is 9.97 Å². The molecule has 9 nitrogen and oxygen atoms in total. The second-order valence-corrected chi connectivity index (χ2v) is 7.05. The number of halogens is 1. The van der Waals surface area contributed by atoms with E-state index in [9.17, 15) is 0 Å². The maximum absolute atomic E-state index is 5.98. The highest BCUT2D eigenvalue weighted by Crippen LogP contribution is 2.37. The van der Waals surface area contributed by atoms with Gasteiger partial charge in [0, 0.05) is 23.3 Å². The molecule has 3 aromatic heterocycles. The zero-order valence-electron chi connectivity index (χ0n) is 14.7. The summed E-state index contributed by atoms with van der Waals surface area (Å²) in [6, 6.07) is 7.68. The average molecular weight is 398 g/mol. The molecular weight excluding hydrogens is 382 g/mol. The normalized spacial score (nSPS) is 19.5. The molecule has 0 bridgehead atoms. The van der Waals surface area contributed by atoms with E-state index in [1.807, 2.05) is 24.3 Å². The lowest BCUT2D eigenvalue weighted by Crippen LogP contribution is -2.06. The Labute approximate surface area is 164 Å². The molecule has 1 aliphatic heterocycles. The summed E-state index contributed by atoms with van der Waals surface area (Å²) in [6.45, 7) is 0.816. The van der Waals surface area contributed by atoms with Crippen LogP contribution in [0.2, 0.25) is 5.02 Å². The monoisotopic (exact) mass is 397 g/mol. The first kappa shape index (κ1) is 17.1. The number of imidazole rings is 1. The zero-order chi connectivity index (χ0) is 19.1. The van der Waals surface area contributed by atoms with Gasteiger partial charge in [0.15, 0.2) is 17.1 Å². The molecule has 0 spiro atoms. The fraction of sp³-hybridized carbons (Fsp3) is 0.278. The molecule has 0 aliphatic carbocycles. The van der Waals surface area contributed by atoms with Crippen molar-refractivity contribution in [3.05, 3.63) is 59.0 Å². The topological polar surface area (TPSA) is 118 Å². The van der Waals surface area contributed by atoms with Gasteiger partial charge in [0.1, 0.15) is 6.54 Å². The number of nitrogens with two attached hydrogens (primary N) is 1. The van der Waals surface area contributed by atoms with Crippen LogP contribution in [0.3, 0.4) is 0 Å². The molecule has 0 saturated carbocycles.